The fourth-order valence-electron chi connectivity index (χ4n) is 0.966. The summed E-state index contributed by atoms with van der Waals surface area (Å²) in [6.45, 7) is 0.418. The molecule has 0 fully saturated rings. The Morgan fingerprint density at radius 3 is 2.58 bits per heavy atom. The molecule has 3 heteroatoms. The van der Waals surface area contributed by atoms with E-state index in [1.807, 2.05) is 0 Å². The molecule has 0 saturated carbocycles. The van der Waals surface area contributed by atoms with E-state index >= 15 is 0 Å². The molecule has 1 aromatic rings. The van der Waals surface area contributed by atoms with Gasteiger partial charge in [-0.1, -0.05) is 6.07 Å². The van der Waals surface area contributed by atoms with E-state index in [1.165, 1.54) is 13.2 Å². The predicted molar refractivity (Wildman–Crippen MR) is 43.7 cm³/mol. The van der Waals surface area contributed by atoms with Gasteiger partial charge in [0.15, 0.2) is 11.6 Å². The van der Waals surface area contributed by atoms with Gasteiger partial charge in [0, 0.05) is 7.11 Å². The summed E-state index contributed by atoms with van der Waals surface area (Å²) < 4.78 is 22.6. The summed E-state index contributed by atoms with van der Waals surface area (Å²) >= 11 is 0. The summed E-state index contributed by atoms with van der Waals surface area (Å²) in [4.78, 5) is 0. The van der Waals surface area contributed by atoms with E-state index in [0.717, 1.165) is 5.56 Å². The highest BCUT2D eigenvalue weighted by Gasteiger charge is 2.02. The Morgan fingerprint density at radius 2 is 2.08 bits per heavy atom. The number of ether oxygens (including phenoxy) is 2. The zero-order valence-corrected chi connectivity index (χ0v) is 7.13. The first-order chi connectivity index (χ1) is 5.77. The molecule has 0 radical (unpaired) electrons. The van der Waals surface area contributed by atoms with Gasteiger partial charge in [-0.05, 0) is 17.7 Å². The zero-order valence-electron chi connectivity index (χ0n) is 7.13. The first kappa shape index (κ1) is 9.00. The smallest absolute Gasteiger partial charge is 0.165 e. The summed E-state index contributed by atoms with van der Waals surface area (Å²) in [7, 11) is 3.01. The van der Waals surface area contributed by atoms with E-state index in [4.69, 9.17) is 9.47 Å². The summed E-state index contributed by atoms with van der Waals surface area (Å²) in [6, 6.07) is 4.76. The zero-order chi connectivity index (χ0) is 8.97. The van der Waals surface area contributed by atoms with Gasteiger partial charge in [-0.2, -0.15) is 0 Å². The van der Waals surface area contributed by atoms with Gasteiger partial charge in [0.1, 0.15) is 0 Å². The molecule has 0 atom stereocenters. The van der Waals surface area contributed by atoms with Gasteiger partial charge in [0.2, 0.25) is 0 Å². The average molecular weight is 170 g/mol. The molecule has 0 aliphatic heterocycles. The number of methoxy groups -OCH3 is 2. The van der Waals surface area contributed by atoms with Gasteiger partial charge in [-0.3, -0.25) is 0 Å². The maximum absolute atomic E-state index is 13.0. The normalized spacial score (nSPS) is 9.92. The molecule has 2 nitrogen and oxygen atoms in total. The second kappa shape index (κ2) is 4.07. The van der Waals surface area contributed by atoms with E-state index in [0.29, 0.717) is 6.61 Å². The monoisotopic (exact) mass is 170 g/mol. The van der Waals surface area contributed by atoms with Crippen LogP contribution in [-0.2, 0) is 11.3 Å². The molecule has 0 N–H and O–H groups in total. The molecule has 0 aromatic heterocycles. The number of hydrogen-bond donors (Lipinski definition) is 0. The molecule has 0 amide bonds. The Bertz CT molecular complexity index is 261. The van der Waals surface area contributed by atoms with Crippen LogP contribution in [0, 0.1) is 5.82 Å². The van der Waals surface area contributed by atoms with E-state index in [9.17, 15) is 4.39 Å². The van der Waals surface area contributed by atoms with Crippen LogP contribution in [0.25, 0.3) is 0 Å². The van der Waals surface area contributed by atoms with Crippen LogP contribution < -0.4 is 4.74 Å². The number of rotatable bonds is 3. The summed E-state index contributed by atoms with van der Waals surface area (Å²) in [6.07, 6.45) is 0. The predicted octanol–water partition coefficient (Wildman–Crippen LogP) is 1.98. The van der Waals surface area contributed by atoms with Crippen molar-refractivity contribution in [3.05, 3.63) is 29.6 Å². The lowest BCUT2D eigenvalue weighted by molar-refractivity contribution is 0.184. The third kappa shape index (κ3) is 1.95. The summed E-state index contributed by atoms with van der Waals surface area (Å²) in [5, 5.41) is 0. The Hall–Kier alpha value is -1.09. The minimum atomic E-state index is -0.355. The second-order valence-electron chi connectivity index (χ2n) is 2.40. The lowest BCUT2D eigenvalue weighted by atomic mass is 10.2. The minimum absolute atomic E-state index is 0.259. The van der Waals surface area contributed by atoms with Gasteiger partial charge in [-0.25, -0.2) is 4.39 Å². The van der Waals surface area contributed by atoms with Crippen LogP contribution in [0.5, 0.6) is 5.75 Å². The molecule has 0 heterocycles. The van der Waals surface area contributed by atoms with Crippen LogP contribution in [-0.4, -0.2) is 14.2 Å². The molecule has 0 spiro atoms. The Kier molecular flexibility index (Phi) is 3.05. The summed E-state index contributed by atoms with van der Waals surface area (Å²) in [5.74, 6) is -0.0955. The summed E-state index contributed by atoms with van der Waals surface area (Å²) in [5.41, 5.74) is 0.802. The van der Waals surface area contributed by atoms with Gasteiger partial charge in [0.25, 0.3) is 0 Å². The van der Waals surface area contributed by atoms with Crippen LogP contribution in [0.1, 0.15) is 5.56 Å². The molecule has 0 unspecified atom stereocenters. The molecule has 66 valence electrons. The van der Waals surface area contributed by atoms with Crippen molar-refractivity contribution in [2.75, 3.05) is 14.2 Å². The quantitative estimate of drug-likeness (QED) is 0.690. The SMILES string of the molecule is COCc1ccc(OC)c(F)c1. The average Bonchev–Trinajstić information content (AvgIpc) is 2.05. The Morgan fingerprint density at radius 1 is 1.33 bits per heavy atom. The van der Waals surface area contributed by atoms with Crippen molar-refractivity contribution in [1.82, 2.24) is 0 Å². The fourth-order valence-corrected chi connectivity index (χ4v) is 0.966. The van der Waals surface area contributed by atoms with Crippen molar-refractivity contribution < 1.29 is 13.9 Å². The third-order valence-electron chi connectivity index (χ3n) is 1.53. The highest BCUT2D eigenvalue weighted by Crippen LogP contribution is 2.17. The molecule has 0 aliphatic rings. The van der Waals surface area contributed by atoms with Crippen LogP contribution in [0.2, 0.25) is 0 Å². The number of benzene rings is 1. The molecule has 1 rings (SSSR count). The van der Waals surface area contributed by atoms with Crippen LogP contribution in [0.3, 0.4) is 0 Å². The third-order valence-corrected chi connectivity index (χ3v) is 1.53. The fraction of sp³-hybridized carbons (Fsp3) is 0.333. The lowest BCUT2D eigenvalue weighted by Gasteiger charge is -2.03. The molecular weight excluding hydrogens is 159 g/mol. The molecule has 0 saturated heterocycles. The molecule has 0 aliphatic carbocycles. The van der Waals surface area contributed by atoms with Crippen LogP contribution >= 0.6 is 0 Å². The van der Waals surface area contributed by atoms with Crippen molar-refractivity contribution >= 4 is 0 Å². The van der Waals surface area contributed by atoms with Gasteiger partial charge in [0.05, 0.1) is 13.7 Å². The van der Waals surface area contributed by atoms with Crippen LogP contribution in [0.15, 0.2) is 18.2 Å². The number of halogens is 1. The highest BCUT2D eigenvalue weighted by atomic mass is 19.1. The van der Waals surface area contributed by atoms with Crippen molar-refractivity contribution in [2.45, 2.75) is 6.61 Å². The van der Waals surface area contributed by atoms with E-state index in [-0.39, 0.29) is 11.6 Å². The first-order valence-electron chi connectivity index (χ1n) is 3.59. The topological polar surface area (TPSA) is 18.5 Å². The number of hydrogen-bond acceptors (Lipinski definition) is 2. The molecule has 1 aromatic carbocycles. The lowest BCUT2D eigenvalue weighted by Crippen LogP contribution is -1.92. The van der Waals surface area contributed by atoms with Gasteiger partial charge < -0.3 is 9.47 Å². The molecule has 0 bridgehead atoms. The van der Waals surface area contributed by atoms with Crippen molar-refractivity contribution in [1.29, 1.82) is 0 Å². The highest BCUT2D eigenvalue weighted by molar-refractivity contribution is 5.28. The van der Waals surface area contributed by atoms with Crippen molar-refractivity contribution in [3.63, 3.8) is 0 Å². The van der Waals surface area contributed by atoms with Crippen molar-refractivity contribution in [3.8, 4) is 5.75 Å². The standard InChI is InChI=1S/C9H11FO2/c1-11-6-7-3-4-9(12-2)8(10)5-7/h3-5H,6H2,1-2H3. The molecular formula is C9H11FO2. The Labute approximate surface area is 70.9 Å². The second-order valence-corrected chi connectivity index (χ2v) is 2.40. The van der Waals surface area contributed by atoms with Crippen molar-refractivity contribution in [2.24, 2.45) is 0 Å². The van der Waals surface area contributed by atoms with E-state index in [2.05, 4.69) is 0 Å². The minimum Gasteiger partial charge on any atom is -0.494 e. The van der Waals surface area contributed by atoms with Gasteiger partial charge >= 0.3 is 0 Å². The maximum atomic E-state index is 13.0. The van der Waals surface area contributed by atoms with E-state index < -0.39 is 0 Å². The Balaban J connectivity index is 2.86. The van der Waals surface area contributed by atoms with E-state index in [1.54, 1.807) is 19.2 Å². The molecule has 12 heavy (non-hydrogen) atoms. The maximum Gasteiger partial charge on any atom is 0.165 e. The largest absolute Gasteiger partial charge is 0.494 e. The van der Waals surface area contributed by atoms with Crippen LogP contribution in [0.4, 0.5) is 4.39 Å². The first-order valence-corrected chi connectivity index (χ1v) is 3.59. The van der Waals surface area contributed by atoms with Gasteiger partial charge in [-0.15, -0.1) is 0 Å².